The Balaban J connectivity index is 1.70. The summed E-state index contributed by atoms with van der Waals surface area (Å²) in [5.74, 6) is 0.697. The molecule has 0 aliphatic heterocycles. The molecule has 0 aliphatic carbocycles. The second kappa shape index (κ2) is 10.9. The van der Waals surface area contributed by atoms with Gasteiger partial charge in [0.2, 0.25) is 0 Å². The molecule has 184 valence electrons. The lowest BCUT2D eigenvalue weighted by Gasteiger charge is -2.38. The molecule has 4 nitrogen and oxygen atoms in total. The summed E-state index contributed by atoms with van der Waals surface area (Å²) in [6, 6.07) is 18.4. The largest absolute Gasteiger partial charge is 0.491 e. The van der Waals surface area contributed by atoms with Gasteiger partial charge in [0.25, 0.3) is 0 Å². The van der Waals surface area contributed by atoms with Gasteiger partial charge >= 0.3 is 0 Å². The Hall–Kier alpha value is -2.44. The Kier molecular flexibility index (Phi) is 8.37. The predicted octanol–water partition coefficient (Wildman–Crippen LogP) is 7.49. The Bertz CT molecular complexity index is 1080. The Morgan fingerprint density at radius 1 is 0.971 bits per heavy atom. The first-order chi connectivity index (χ1) is 16.1. The van der Waals surface area contributed by atoms with E-state index in [4.69, 9.17) is 14.1 Å². The molecule has 0 amide bonds. The average molecular weight is 483 g/mol. The summed E-state index contributed by atoms with van der Waals surface area (Å²) in [6.45, 7) is 16.7. The zero-order valence-electron chi connectivity index (χ0n) is 21.7. The third-order valence-corrected chi connectivity index (χ3v) is 11.4. The van der Waals surface area contributed by atoms with Gasteiger partial charge in [0, 0.05) is 29.7 Å². The molecule has 0 radical (unpaired) electrons. The van der Waals surface area contributed by atoms with Crippen LogP contribution in [0, 0.1) is 0 Å². The van der Waals surface area contributed by atoms with E-state index in [0.717, 1.165) is 35.2 Å². The first-order valence-electron chi connectivity index (χ1n) is 12.2. The maximum absolute atomic E-state index is 13.7. The van der Waals surface area contributed by atoms with E-state index in [2.05, 4.69) is 82.9 Å². The molecule has 0 aliphatic rings. The van der Waals surface area contributed by atoms with Crippen LogP contribution in [0.4, 0.5) is 10.1 Å². The van der Waals surface area contributed by atoms with Gasteiger partial charge in [0.05, 0.1) is 11.2 Å². The van der Waals surface area contributed by atoms with Crippen molar-refractivity contribution in [1.82, 2.24) is 4.98 Å². The van der Waals surface area contributed by atoms with E-state index in [1.807, 2.05) is 24.3 Å². The SMILES string of the molecule is CCN(CC)c1ccc(-c2ccc3cc(OCC(CF)O[Si](C)(C)C(C)(C)C)ccc3n2)cc1. The standard InChI is InChI=1S/C28H39FN2O2Si/c1-8-31(9-2)23-13-10-21(11-14-23)26-16-12-22-18-24(15-17-27(22)30-26)32-20-25(19-29)33-34(6,7)28(3,4)5/h10-18,25H,8-9,19-20H2,1-7H3. The van der Waals surface area contributed by atoms with Gasteiger partial charge in [-0.3, -0.25) is 0 Å². The number of pyridine rings is 1. The molecule has 1 unspecified atom stereocenters. The molecule has 0 N–H and O–H groups in total. The quantitative estimate of drug-likeness (QED) is 0.280. The van der Waals surface area contributed by atoms with E-state index >= 15 is 0 Å². The number of hydrogen-bond acceptors (Lipinski definition) is 4. The molecule has 0 spiro atoms. The summed E-state index contributed by atoms with van der Waals surface area (Å²) in [5, 5.41) is 1.02. The van der Waals surface area contributed by atoms with E-state index in [1.165, 1.54) is 5.69 Å². The van der Waals surface area contributed by atoms with E-state index in [-0.39, 0.29) is 11.6 Å². The lowest BCUT2D eigenvalue weighted by atomic mass is 10.1. The van der Waals surface area contributed by atoms with Gasteiger partial charge in [0.15, 0.2) is 8.32 Å². The maximum Gasteiger partial charge on any atom is 0.192 e. The number of ether oxygens (including phenoxy) is 1. The molecule has 0 fully saturated rings. The summed E-state index contributed by atoms with van der Waals surface area (Å²) in [7, 11) is -2.06. The normalized spacial score (nSPS) is 13.2. The van der Waals surface area contributed by atoms with Gasteiger partial charge in [-0.25, -0.2) is 9.37 Å². The number of hydrogen-bond donors (Lipinski definition) is 0. The van der Waals surface area contributed by atoms with Gasteiger partial charge in [-0.05, 0) is 68.4 Å². The molecule has 1 aromatic heterocycles. The number of fused-ring (bicyclic) bond motifs is 1. The highest BCUT2D eigenvalue weighted by atomic mass is 28.4. The highest BCUT2D eigenvalue weighted by Crippen LogP contribution is 2.37. The molecule has 2 aromatic carbocycles. The highest BCUT2D eigenvalue weighted by molar-refractivity contribution is 6.74. The van der Waals surface area contributed by atoms with Crippen LogP contribution in [0.2, 0.25) is 18.1 Å². The monoisotopic (exact) mass is 482 g/mol. The number of nitrogens with zero attached hydrogens (tertiary/aromatic N) is 2. The van der Waals surface area contributed by atoms with Crippen LogP contribution in [-0.4, -0.2) is 45.8 Å². The minimum Gasteiger partial charge on any atom is -0.491 e. The Morgan fingerprint density at radius 3 is 2.24 bits per heavy atom. The van der Waals surface area contributed by atoms with E-state index < -0.39 is 21.1 Å². The first-order valence-corrected chi connectivity index (χ1v) is 15.1. The van der Waals surface area contributed by atoms with E-state index in [9.17, 15) is 4.39 Å². The maximum atomic E-state index is 13.7. The fraction of sp³-hybridized carbons (Fsp3) is 0.464. The minimum atomic E-state index is -2.06. The molecule has 3 rings (SSSR count). The second-order valence-corrected chi connectivity index (χ2v) is 15.0. The van der Waals surface area contributed by atoms with Crippen molar-refractivity contribution >= 4 is 24.9 Å². The summed E-state index contributed by atoms with van der Waals surface area (Å²) in [6.07, 6.45) is -0.559. The van der Waals surface area contributed by atoms with Gasteiger partial charge < -0.3 is 14.1 Å². The highest BCUT2D eigenvalue weighted by Gasteiger charge is 2.39. The fourth-order valence-electron chi connectivity index (χ4n) is 3.68. The van der Waals surface area contributed by atoms with Crippen molar-refractivity contribution < 1.29 is 13.6 Å². The van der Waals surface area contributed by atoms with Crippen LogP contribution < -0.4 is 9.64 Å². The summed E-state index contributed by atoms with van der Waals surface area (Å²) in [5.41, 5.74) is 4.15. The Labute approximate surface area is 205 Å². The van der Waals surface area contributed by atoms with E-state index in [1.54, 1.807) is 0 Å². The molecule has 0 bridgehead atoms. The van der Waals surface area contributed by atoms with Gasteiger partial charge in [-0.15, -0.1) is 0 Å². The van der Waals surface area contributed by atoms with E-state index in [0.29, 0.717) is 5.75 Å². The van der Waals surface area contributed by atoms with Crippen molar-refractivity contribution in [3.05, 3.63) is 54.6 Å². The van der Waals surface area contributed by atoms with Crippen molar-refractivity contribution in [2.24, 2.45) is 0 Å². The van der Waals surface area contributed by atoms with Gasteiger partial charge in [-0.1, -0.05) is 39.0 Å². The molecule has 1 heterocycles. The van der Waals surface area contributed by atoms with Crippen LogP contribution in [0.15, 0.2) is 54.6 Å². The smallest absolute Gasteiger partial charge is 0.192 e. The van der Waals surface area contributed by atoms with Crippen LogP contribution in [0.5, 0.6) is 5.75 Å². The lowest BCUT2D eigenvalue weighted by molar-refractivity contribution is 0.0920. The van der Waals surface area contributed by atoms with Crippen molar-refractivity contribution in [3.8, 4) is 17.0 Å². The molecular weight excluding hydrogens is 443 g/mol. The molecular formula is C28H39FN2O2Si. The van der Waals surface area contributed by atoms with Crippen molar-refractivity contribution in [3.63, 3.8) is 0 Å². The van der Waals surface area contributed by atoms with Crippen molar-refractivity contribution in [2.75, 3.05) is 31.3 Å². The van der Waals surface area contributed by atoms with Gasteiger partial charge in [-0.2, -0.15) is 0 Å². The number of alkyl halides is 1. The average Bonchev–Trinajstić information content (AvgIpc) is 2.81. The third kappa shape index (κ3) is 6.16. The Morgan fingerprint density at radius 2 is 1.65 bits per heavy atom. The van der Waals surface area contributed by atoms with Crippen molar-refractivity contribution in [2.45, 2.75) is 58.9 Å². The lowest BCUT2D eigenvalue weighted by Crippen LogP contribution is -2.46. The van der Waals surface area contributed by atoms with Crippen molar-refractivity contribution in [1.29, 1.82) is 0 Å². The topological polar surface area (TPSA) is 34.6 Å². The molecule has 34 heavy (non-hydrogen) atoms. The summed E-state index contributed by atoms with van der Waals surface area (Å²) < 4.78 is 25.8. The summed E-state index contributed by atoms with van der Waals surface area (Å²) in [4.78, 5) is 7.16. The molecule has 1 atom stereocenters. The zero-order chi connectivity index (χ0) is 24.9. The van der Waals surface area contributed by atoms with Crippen LogP contribution in [0.1, 0.15) is 34.6 Å². The molecule has 6 heteroatoms. The number of aromatic nitrogens is 1. The molecule has 0 saturated heterocycles. The number of rotatable bonds is 10. The van der Waals surface area contributed by atoms with Gasteiger partial charge in [0.1, 0.15) is 25.1 Å². The van der Waals surface area contributed by atoms with Crippen LogP contribution >= 0.6 is 0 Å². The number of halogens is 1. The minimum absolute atomic E-state index is 0.0262. The second-order valence-electron chi connectivity index (χ2n) is 10.2. The third-order valence-electron chi connectivity index (χ3n) is 6.83. The number of benzene rings is 2. The predicted molar refractivity (Wildman–Crippen MR) is 144 cm³/mol. The van der Waals surface area contributed by atoms with Crippen LogP contribution in [0.25, 0.3) is 22.2 Å². The number of anilines is 1. The van der Waals surface area contributed by atoms with Crippen LogP contribution in [-0.2, 0) is 4.43 Å². The zero-order valence-corrected chi connectivity index (χ0v) is 22.7. The first kappa shape index (κ1) is 26.2. The summed E-state index contributed by atoms with van der Waals surface area (Å²) >= 11 is 0. The molecule has 0 saturated carbocycles. The molecule has 3 aromatic rings. The fourth-order valence-corrected chi connectivity index (χ4v) is 5.00. The van der Waals surface area contributed by atoms with Crippen LogP contribution in [0.3, 0.4) is 0 Å².